The van der Waals surface area contributed by atoms with Gasteiger partial charge in [-0.05, 0) is 45.0 Å². The Morgan fingerprint density at radius 2 is 1.88 bits per heavy atom. The molecule has 3 N–H and O–H groups in total. The first-order chi connectivity index (χ1) is 11.1. The third kappa shape index (κ3) is 4.68. The largest absolute Gasteiger partial charge is 0.343 e. The molecule has 132 valence electrons. The third-order valence-electron chi connectivity index (χ3n) is 3.50. The zero-order valence-electron chi connectivity index (χ0n) is 14.3. The fourth-order valence-electron chi connectivity index (χ4n) is 2.06. The molecule has 0 saturated carbocycles. The van der Waals surface area contributed by atoms with Gasteiger partial charge in [0.1, 0.15) is 0 Å². The normalized spacial score (nSPS) is 16.1. The van der Waals surface area contributed by atoms with E-state index in [1.54, 1.807) is 0 Å². The minimum absolute atomic E-state index is 0.0551. The molecule has 1 amide bonds. The maximum Gasteiger partial charge on any atom is 0.264 e. The molecule has 0 fully saturated rings. The van der Waals surface area contributed by atoms with E-state index in [-0.39, 0.29) is 22.3 Å². The summed E-state index contributed by atoms with van der Waals surface area (Å²) in [5, 5.41) is 5.56. The van der Waals surface area contributed by atoms with E-state index >= 15 is 0 Å². The van der Waals surface area contributed by atoms with Crippen LogP contribution in [0, 0.1) is 0 Å². The highest BCUT2D eigenvalue weighted by Crippen LogP contribution is 2.15. The van der Waals surface area contributed by atoms with Crippen molar-refractivity contribution in [1.82, 2.24) is 14.9 Å². The van der Waals surface area contributed by atoms with Gasteiger partial charge >= 0.3 is 0 Å². The van der Waals surface area contributed by atoms with Crippen LogP contribution in [0.2, 0.25) is 0 Å². The highest BCUT2D eigenvalue weighted by molar-refractivity contribution is 7.90. The van der Waals surface area contributed by atoms with Crippen molar-refractivity contribution in [3.05, 3.63) is 24.3 Å². The Morgan fingerprint density at radius 1 is 1.25 bits per heavy atom. The fraction of sp³-hybridized carbons (Fsp3) is 0.467. The average molecular weight is 353 g/mol. The number of aliphatic imine (C=N–C) groups is 1. The molecule has 0 atom stereocenters. The van der Waals surface area contributed by atoms with Crippen LogP contribution in [0.25, 0.3) is 0 Å². The zero-order valence-corrected chi connectivity index (χ0v) is 15.1. The zero-order chi connectivity index (χ0) is 18.0. The molecule has 2 rings (SSSR count). The van der Waals surface area contributed by atoms with Crippen molar-refractivity contribution >= 4 is 27.6 Å². The number of sulfonamides is 1. The van der Waals surface area contributed by atoms with Gasteiger partial charge in [-0.25, -0.2) is 18.1 Å². The summed E-state index contributed by atoms with van der Waals surface area (Å²) < 4.78 is 27.2. The lowest BCUT2D eigenvalue weighted by molar-refractivity contribution is -0.114. The van der Waals surface area contributed by atoms with E-state index in [1.807, 2.05) is 0 Å². The van der Waals surface area contributed by atoms with E-state index in [2.05, 4.69) is 46.0 Å². The number of benzene rings is 1. The van der Waals surface area contributed by atoms with Crippen molar-refractivity contribution in [2.24, 2.45) is 4.99 Å². The predicted octanol–water partition coefficient (Wildman–Crippen LogP) is 0.898. The molecule has 0 saturated heterocycles. The van der Waals surface area contributed by atoms with Crippen molar-refractivity contribution in [3.63, 3.8) is 0 Å². The Morgan fingerprint density at radius 3 is 2.33 bits per heavy atom. The first kappa shape index (κ1) is 18.2. The smallest absolute Gasteiger partial charge is 0.264 e. The molecule has 9 heteroatoms. The van der Waals surface area contributed by atoms with Gasteiger partial charge in [0.25, 0.3) is 10.0 Å². The maximum atomic E-state index is 12.4. The summed E-state index contributed by atoms with van der Waals surface area (Å²) in [6.45, 7) is 8.50. The number of carbonyl (C=O) groups is 1. The summed E-state index contributed by atoms with van der Waals surface area (Å²) in [4.78, 5) is 17.4. The van der Waals surface area contributed by atoms with Crippen molar-refractivity contribution < 1.29 is 13.2 Å². The van der Waals surface area contributed by atoms with Crippen molar-refractivity contribution in [3.8, 4) is 0 Å². The third-order valence-corrected chi connectivity index (χ3v) is 4.86. The standard InChI is InChI=1S/C15H23N5O3S/c1-11(21)18-12-5-7-13(8-6-12)24(22,23)19-14-16-9-20(10-17-14)15(2,3)4/h5-8H,9-10H2,1-4H3,(H,18,21)(H2,16,17,19). The van der Waals surface area contributed by atoms with Crippen LogP contribution in [-0.4, -0.2) is 44.1 Å². The molecule has 0 unspecified atom stereocenters. The van der Waals surface area contributed by atoms with Gasteiger partial charge in [0.05, 0.1) is 18.2 Å². The first-order valence-corrected chi connectivity index (χ1v) is 9.00. The van der Waals surface area contributed by atoms with Crippen molar-refractivity contribution in [2.75, 3.05) is 18.7 Å². The predicted molar refractivity (Wildman–Crippen MR) is 93.0 cm³/mol. The number of hydrogen-bond donors (Lipinski definition) is 3. The van der Waals surface area contributed by atoms with Crippen LogP contribution in [0.1, 0.15) is 27.7 Å². The fourth-order valence-corrected chi connectivity index (χ4v) is 3.06. The number of carbonyl (C=O) groups excluding carboxylic acids is 1. The van der Waals surface area contributed by atoms with Gasteiger partial charge in [0.2, 0.25) is 11.9 Å². The number of anilines is 1. The average Bonchev–Trinajstić information content (AvgIpc) is 2.46. The molecule has 1 heterocycles. The van der Waals surface area contributed by atoms with Gasteiger partial charge in [-0.1, -0.05) is 0 Å². The lowest BCUT2D eigenvalue weighted by Gasteiger charge is -2.37. The summed E-state index contributed by atoms with van der Waals surface area (Å²) in [5.74, 6) is 0.00864. The van der Waals surface area contributed by atoms with E-state index < -0.39 is 10.0 Å². The molecule has 1 aliphatic rings. The van der Waals surface area contributed by atoms with Crippen LogP contribution in [0.3, 0.4) is 0 Å². The molecule has 8 nitrogen and oxygen atoms in total. The number of nitrogens with zero attached hydrogens (tertiary/aromatic N) is 2. The molecule has 24 heavy (non-hydrogen) atoms. The van der Waals surface area contributed by atoms with E-state index in [9.17, 15) is 13.2 Å². The van der Waals surface area contributed by atoms with E-state index in [0.717, 1.165) is 0 Å². The molecule has 0 spiro atoms. The molecular weight excluding hydrogens is 330 g/mol. The molecule has 1 aromatic carbocycles. The Hall–Kier alpha value is -2.13. The quantitative estimate of drug-likeness (QED) is 0.749. The number of guanidine groups is 1. The van der Waals surface area contributed by atoms with Gasteiger partial charge < -0.3 is 10.6 Å². The van der Waals surface area contributed by atoms with Gasteiger partial charge in [-0.3, -0.25) is 9.69 Å². The second-order valence-electron chi connectivity index (χ2n) is 6.50. The van der Waals surface area contributed by atoms with Crippen molar-refractivity contribution in [2.45, 2.75) is 38.1 Å². The molecule has 1 aliphatic heterocycles. The van der Waals surface area contributed by atoms with Crippen LogP contribution in [0.5, 0.6) is 0 Å². The highest BCUT2D eigenvalue weighted by Gasteiger charge is 2.25. The lowest BCUT2D eigenvalue weighted by atomic mass is 10.1. The summed E-state index contributed by atoms with van der Waals surface area (Å²) in [6.07, 6.45) is 0. The van der Waals surface area contributed by atoms with Crippen LogP contribution in [-0.2, 0) is 14.8 Å². The SMILES string of the molecule is CC(=O)Nc1ccc(S(=O)(=O)NC2=NCN(C(C)(C)C)CN2)cc1. The second-order valence-corrected chi connectivity index (χ2v) is 8.19. The Labute approximate surface area is 142 Å². The molecule has 0 radical (unpaired) electrons. The Kier molecular flexibility index (Phi) is 5.14. The Balaban J connectivity index is 2.06. The second kappa shape index (κ2) is 6.78. The summed E-state index contributed by atoms with van der Waals surface area (Å²) in [7, 11) is -3.73. The molecule has 0 aliphatic carbocycles. The Bertz CT molecular complexity index is 735. The summed E-state index contributed by atoms with van der Waals surface area (Å²) in [6, 6.07) is 5.93. The first-order valence-electron chi connectivity index (χ1n) is 7.52. The molecule has 0 bridgehead atoms. The maximum absolute atomic E-state index is 12.4. The lowest BCUT2D eigenvalue weighted by Crippen LogP contribution is -2.55. The molecular formula is C15H23N5O3S. The van der Waals surface area contributed by atoms with Crippen LogP contribution < -0.4 is 15.4 Å². The van der Waals surface area contributed by atoms with Gasteiger partial charge in [-0.2, -0.15) is 0 Å². The summed E-state index contributed by atoms with van der Waals surface area (Å²) in [5.41, 5.74) is 0.482. The number of nitrogens with one attached hydrogen (secondary N) is 3. The number of amides is 1. The van der Waals surface area contributed by atoms with Gasteiger partial charge in [0, 0.05) is 18.2 Å². The minimum atomic E-state index is -3.73. The van der Waals surface area contributed by atoms with Gasteiger partial charge in [0.15, 0.2) is 0 Å². The van der Waals surface area contributed by atoms with Crippen molar-refractivity contribution in [1.29, 1.82) is 0 Å². The highest BCUT2D eigenvalue weighted by atomic mass is 32.2. The molecule has 1 aromatic rings. The summed E-state index contributed by atoms with van der Waals surface area (Å²) >= 11 is 0. The van der Waals surface area contributed by atoms with E-state index in [1.165, 1.54) is 31.2 Å². The van der Waals surface area contributed by atoms with Crippen LogP contribution in [0.4, 0.5) is 5.69 Å². The van der Waals surface area contributed by atoms with Crippen LogP contribution in [0.15, 0.2) is 34.2 Å². The topological polar surface area (TPSA) is 103 Å². The minimum Gasteiger partial charge on any atom is -0.343 e. The number of hydrogen-bond acceptors (Lipinski definition) is 6. The van der Waals surface area contributed by atoms with Gasteiger partial charge in [-0.15, -0.1) is 0 Å². The van der Waals surface area contributed by atoms with E-state index in [0.29, 0.717) is 19.0 Å². The monoisotopic (exact) mass is 353 g/mol. The molecule has 0 aromatic heterocycles. The van der Waals surface area contributed by atoms with Crippen LogP contribution >= 0.6 is 0 Å². The van der Waals surface area contributed by atoms with E-state index in [4.69, 9.17) is 0 Å². The number of rotatable bonds is 3.